The quantitative estimate of drug-likeness (QED) is 0.836. The first-order valence-electron chi connectivity index (χ1n) is 6.24. The van der Waals surface area contributed by atoms with Crippen molar-refractivity contribution in [1.29, 1.82) is 0 Å². The van der Waals surface area contributed by atoms with Crippen LogP contribution in [0.25, 0.3) is 0 Å². The number of hydrogen-bond donors (Lipinski definition) is 1. The Hall–Kier alpha value is -0.720. The molecular formula is C11H20N4OS. The minimum absolute atomic E-state index is 0.249. The van der Waals surface area contributed by atoms with Crippen LogP contribution >= 0.6 is 11.5 Å². The van der Waals surface area contributed by atoms with Crippen molar-refractivity contribution in [3.8, 4) is 0 Å². The normalized spacial score (nSPS) is 17.6. The third-order valence-corrected chi connectivity index (χ3v) is 3.80. The number of aromatic nitrogens is 2. The highest BCUT2D eigenvalue weighted by Crippen LogP contribution is 2.19. The smallest absolute Gasteiger partial charge is 0.205 e. The third-order valence-electron chi connectivity index (χ3n) is 2.99. The van der Waals surface area contributed by atoms with Crippen molar-refractivity contribution in [3.63, 3.8) is 0 Å². The number of piperazine rings is 1. The fourth-order valence-corrected chi connectivity index (χ4v) is 2.77. The summed E-state index contributed by atoms with van der Waals surface area (Å²) in [7, 11) is 0. The van der Waals surface area contributed by atoms with Gasteiger partial charge in [-0.3, -0.25) is 4.90 Å². The van der Waals surface area contributed by atoms with Crippen LogP contribution in [0.4, 0.5) is 5.13 Å². The number of rotatable bonds is 5. The van der Waals surface area contributed by atoms with Crippen LogP contribution < -0.4 is 4.90 Å². The Balaban J connectivity index is 1.86. The Morgan fingerprint density at radius 2 is 2.06 bits per heavy atom. The molecule has 96 valence electrons. The van der Waals surface area contributed by atoms with E-state index in [4.69, 9.17) is 5.11 Å². The lowest BCUT2D eigenvalue weighted by Gasteiger charge is -2.33. The molecule has 17 heavy (non-hydrogen) atoms. The molecular weight excluding hydrogens is 236 g/mol. The van der Waals surface area contributed by atoms with Gasteiger partial charge in [-0.05, 0) is 6.42 Å². The van der Waals surface area contributed by atoms with Gasteiger partial charge in [-0.2, -0.15) is 4.37 Å². The van der Waals surface area contributed by atoms with E-state index >= 15 is 0 Å². The summed E-state index contributed by atoms with van der Waals surface area (Å²) in [6.45, 7) is 7.16. The predicted octanol–water partition coefficient (Wildman–Crippen LogP) is 0.605. The monoisotopic (exact) mass is 256 g/mol. The fraction of sp³-hybridized carbons (Fsp3) is 0.818. The SMILES string of the molecule is CCCc1nsc(N2CCN(CCO)CC2)n1. The molecule has 1 aromatic rings. The zero-order valence-corrected chi connectivity index (χ0v) is 11.1. The number of aliphatic hydroxyl groups is 1. The van der Waals surface area contributed by atoms with Crippen LogP contribution in [-0.4, -0.2) is 58.7 Å². The molecule has 2 rings (SSSR count). The van der Waals surface area contributed by atoms with Crippen LogP contribution in [-0.2, 0) is 6.42 Å². The van der Waals surface area contributed by atoms with E-state index in [9.17, 15) is 0 Å². The van der Waals surface area contributed by atoms with Crippen LogP contribution in [0.5, 0.6) is 0 Å². The van der Waals surface area contributed by atoms with Gasteiger partial charge in [0, 0.05) is 50.7 Å². The second-order valence-corrected chi connectivity index (χ2v) is 5.03. The summed E-state index contributed by atoms with van der Waals surface area (Å²) in [6, 6.07) is 0. The van der Waals surface area contributed by atoms with Crippen molar-refractivity contribution in [3.05, 3.63) is 5.82 Å². The average molecular weight is 256 g/mol. The van der Waals surface area contributed by atoms with E-state index in [1.807, 2.05) is 0 Å². The standard InChI is InChI=1S/C11H20N4OS/c1-2-3-10-12-11(17-13-10)15-6-4-14(5-7-15)8-9-16/h16H,2-9H2,1H3. The van der Waals surface area contributed by atoms with E-state index in [2.05, 4.69) is 26.1 Å². The molecule has 1 N–H and O–H groups in total. The maximum Gasteiger partial charge on any atom is 0.205 e. The molecule has 0 spiro atoms. The maximum absolute atomic E-state index is 8.89. The molecule has 6 heteroatoms. The highest BCUT2D eigenvalue weighted by molar-refractivity contribution is 7.09. The highest BCUT2D eigenvalue weighted by Gasteiger charge is 2.19. The summed E-state index contributed by atoms with van der Waals surface area (Å²) in [6.07, 6.45) is 2.07. The second kappa shape index (κ2) is 6.28. The lowest BCUT2D eigenvalue weighted by molar-refractivity contribution is 0.189. The molecule has 5 nitrogen and oxygen atoms in total. The van der Waals surface area contributed by atoms with Crippen LogP contribution in [0.1, 0.15) is 19.2 Å². The van der Waals surface area contributed by atoms with Gasteiger partial charge in [0.1, 0.15) is 5.82 Å². The van der Waals surface area contributed by atoms with Gasteiger partial charge in [-0.1, -0.05) is 6.92 Å². The van der Waals surface area contributed by atoms with Gasteiger partial charge < -0.3 is 10.0 Å². The van der Waals surface area contributed by atoms with Crippen LogP contribution in [0.2, 0.25) is 0 Å². The van der Waals surface area contributed by atoms with Gasteiger partial charge >= 0.3 is 0 Å². The van der Waals surface area contributed by atoms with E-state index in [0.717, 1.165) is 56.5 Å². The van der Waals surface area contributed by atoms with Crippen molar-refractivity contribution in [2.45, 2.75) is 19.8 Å². The number of β-amino-alcohol motifs (C(OH)–C–C–N with tert-alkyl or cyclic N) is 1. The Morgan fingerprint density at radius 1 is 1.29 bits per heavy atom. The van der Waals surface area contributed by atoms with Gasteiger partial charge in [0.2, 0.25) is 5.13 Å². The van der Waals surface area contributed by atoms with Gasteiger partial charge in [-0.15, -0.1) is 0 Å². The summed E-state index contributed by atoms with van der Waals surface area (Å²) >= 11 is 1.51. The Kier molecular flexibility index (Phi) is 4.70. The molecule has 0 saturated carbocycles. The van der Waals surface area contributed by atoms with Gasteiger partial charge in [0.15, 0.2) is 0 Å². The summed E-state index contributed by atoms with van der Waals surface area (Å²) in [5, 5.41) is 9.94. The lowest BCUT2D eigenvalue weighted by Crippen LogP contribution is -2.47. The zero-order chi connectivity index (χ0) is 12.1. The number of nitrogens with zero attached hydrogens (tertiary/aromatic N) is 4. The predicted molar refractivity (Wildman–Crippen MR) is 69.6 cm³/mol. The minimum Gasteiger partial charge on any atom is -0.395 e. The van der Waals surface area contributed by atoms with Crippen molar-refractivity contribution in [2.75, 3.05) is 44.2 Å². The third kappa shape index (κ3) is 3.37. The summed E-state index contributed by atoms with van der Waals surface area (Å²) in [4.78, 5) is 9.14. The molecule has 2 heterocycles. The van der Waals surface area contributed by atoms with Crippen LogP contribution in [0, 0.1) is 0 Å². The molecule has 1 fully saturated rings. The van der Waals surface area contributed by atoms with Crippen molar-refractivity contribution in [2.24, 2.45) is 0 Å². The van der Waals surface area contributed by atoms with Crippen molar-refractivity contribution < 1.29 is 5.11 Å². The first-order valence-corrected chi connectivity index (χ1v) is 7.01. The molecule has 1 aliphatic rings. The summed E-state index contributed by atoms with van der Waals surface area (Å²) < 4.78 is 4.37. The van der Waals surface area contributed by atoms with Crippen LogP contribution in [0.3, 0.4) is 0 Å². The Morgan fingerprint density at radius 3 is 2.71 bits per heavy atom. The first-order chi connectivity index (χ1) is 8.33. The van der Waals surface area contributed by atoms with Crippen molar-refractivity contribution >= 4 is 16.7 Å². The largest absolute Gasteiger partial charge is 0.395 e. The molecule has 0 amide bonds. The Bertz CT molecular complexity index is 336. The highest BCUT2D eigenvalue weighted by atomic mass is 32.1. The van der Waals surface area contributed by atoms with Gasteiger partial charge in [0.25, 0.3) is 0 Å². The molecule has 1 aromatic heterocycles. The van der Waals surface area contributed by atoms with Gasteiger partial charge in [-0.25, -0.2) is 4.98 Å². The molecule has 1 saturated heterocycles. The molecule has 0 radical (unpaired) electrons. The topological polar surface area (TPSA) is 52.5 Å². The maximum atomic E-state index is 8.89. The molecule has 0 atom stereocenters. The number of aryl methyl sites for hydroxylation is 1. The minimum atomic E-state index is 0.249. The van der Waals surface area contributed by atoms with Crippen LogP contribution in [0.15, 0.2) is 0 Å². The first kappa shape index (κ1) is 12.7. The molecule has 1 aliphatic heterocycles. The van der Waals surface area contributed by atoms with E-state index in [1.54, 1.807) is 0 Å². The molecule has 0 bridgehead atoms. The average Bonchev–Trinajstić information content (AvgIpc) is 2.80. The number of aliphatic hydroxyl groups excluding tert-OH is 1. The fourth-order valence-electron chi connectivity index (χ4n) is 2.00. The van der Waals surface area contributed by atoms with Gasteiger partial charge in [0.05, 0.1) is 6.61 Å². The summed E-state index contributed by atoms with van der Waals surface area (Å²) in [5.41, 5.74) is 0. The second-order valence-electron chi connectivity index (χ2n) is 4.30. The van der Waals surface area contributed by atoms with E-state index in [1.165, 1.54) is 11.5 Å². The van der Waals surface area contributed by atoms with E-state index in [0.29, 0.717) is 0 Å². The number of anilines is 1. The van der Waals surface area contributed by atoms with Crippen molar-refractivity contribution in [1.82, 2.24) is 14.3 Å². The molecule has 0 unspecified atom stereocenters. The summed E-state index contributed by atoms with van der Waals surface area (Å²) in [5.74, 6) is 0.977. The zero-order valence-electron chi connectivity index (χ0n) is 10.3. The molecule has 0 aliphatic carbocycles. The van der Waals surface area contributed by atoms with E-state index < -0.39 is 0 Å². The molecule has 0 aromatic carbocycles. The Labute approximate surface area is 106 Å². The lowest BCUT2D eigenvalue weighted by atomic mass is 10.3. The van der Waals surface area contributed by atoms with E-state index in [-0.39, 0.29) is 6.61 Å². The number of hydrogen-bond acceptors (Lipinski definition) is 6.